The molecule has 7 heteroatoms. The zero-order valence-electron chi connectivity index (χ0n) is 14.7. The summed E-state index contributed by atoms with van der Waals surface area (Å²) in [5.41, 5.74) is 2.29. The summed E-state index contributed by atoms with van der Waals surface area (Å²) in [5, 5.41) is 4.58. The summed E-state index contributed by atoms with van der Waals surface area (Å²) in [6, 6.07) is 14.5. The highest BCUT2D eigenvalue weighted by Crippen LogP contribution is 2.20. The number of hydrogen-bond acceptors (Lipinski definition) is 4. The lowest BCUT2D eigenvalue weighted by Crippen LogP contribution is -2.28. The summed E-state index contributed by atoms with van der Waals surface area (Å²) in [4.78, 5) is 28.0. The highest BCUT2D eigenvalue weighted by Gasteiger charge is 2.07. The first kappa shape index (κ1) is 19.9. The van der Waals surface area contributed by atoms with Crippen molar-refractivity contribution in [3.05, 3.63) is 82.0 Å². The summed E-state index contributed by atoms with van der Waals surface area (Å²) in [7, 11) is 0. The Kier molecular flexibility index (Phi) is 6.63. The van der Waals surface area contributed by atoms with Crippen LogP contribution in [0.4, 0.5) is 0 Å². The molecule has 2 aromatic carbocycles. The number of benzene rings is 2. The number of amides is 1. The summed E-state index contributed by atoms with van der Waals surface area (Å²) in [6.07, 6.45) is 4.57. The van der Waals surface area contributed by atoms with Gasteiger partial charge in [0.1, 0.15) is 0 Å². The molecule has 0 unspecified atom stereocenters. The van der Waals surface area contributed by atoms with Gasteiger partial charge in [-0.3, -0.25) is 9.78 Å². The SMILES string of the molecule is O=C(COC(=O)/C=C/c1cccc2cccnc12)NCc1ccc(Cl)cc1Cl. The van der Waals surface area contributed by atoms with E-state index in [1.807, 2.05) is 30.3 Å². The first-order chi connectivity index (χ1) is 13.5. The molecule has 1 N–H and O–H groups in total. The molecule has 0 radical (unpaired) electrons. The van der Waals surface area contributed by atoms with Gasteiger partial charge < -0.3 is 10.1 Å². The Balaban J connectivity index is 1.51. The van der Waals surface area contributed by atoms with E-state index in [1.165, 1.54) is 6.08 Å². The molecule has 1 aromatic heterocycles. The minimum absolute atomic E-state index is 0.212. The molecule has 0 aliphatic heterocycles. The fourth-order valence-electron chi connectivity index (χ4n) is 2.51. The molecule has 1 heterocycles. The van der Waals surface area contributed by atoms with E-state index in [0.717, 1.165) is 16.5 Å². The van der Waals surface area contributed by atoms with E-state index in [1.54, 1.807) is 30.5 Å². The van der Waals surface area contributed by atoms with Crippen LogP contribution in [0.5, 0.6) is 0 Å². The Morgan fingerprint density at radius 2 is 1.93 bits per heavy atom. The Morgan fingerprint density at radius 3 is 2.75 bits per heavy atom. The van der Waals surface area contributed by atoms with Crippen molar-refractivity contribution in [2.75, 3.05) is 6.61 Å². The molecule has 142 valence electrons. The Labute approximate surface area is 171 Å². The van der Waals surface area contributed by atoms with Crippen LogP contribution in [0.15, 0.2) is 60.8 Å². The Bertz CT molecular complexity index is 1050. The predicted octanol–water partition coefficient (Wildman–Crippen LogP) is 4.41. The largest absolute Gasteiger partial charge is 0.452 e. The quantitative estimate of drug-likeness (QED) is 0.478. The molecule has 0 saturated carbocycles. The third-order valence-electron chi connectivity index (χ3n) is 3.90. The molecule has 0 fully saturated rings. The zero-order chi connectivity index (χ0) is 19.9. The average molecular weight is 415 g/mol. The molecule has 0 atom stereocenters. The van der Waals surface area contributed by atoms with Crippen molar-refractivity contribution in [2.45, 2.75) is 6.54 Å². The highest BCUT2D eigenvalue weighted by atomic mass is 35.5. The number of ether oxygens (including phenoxy) is 1. The molecule has 0 spiro atoms. The molecule has 0 aliphatic carbocycles. The second kappa shape index (κ2) is 9.35. The third-order valence-corrected chi connectivity index (χ3v) is 4.49. The number of esters is 1. The maximum absolute atomic E-state index is 11.9. The molecular weight excluding hydrogens is 399 g/mol. The number of pyridine rings is 1. The first-order valence-corrected chi connectivity index (χ1v) is 9.18. The molecule has 3 rings (SSSR count). The number of aromatic nitrogens is 1. The molecule has 3 aromatic rings. The smallest absolute Gasteiger partial charge is 0.331 e. The van der Waals surface area contributed by atoms with Gasteiger partial charge in [-0.05, 0) is 29.8 Å². The van der Waals surface area contributed by atoms with Crippen molar-refractivity contribution in [2.24, 2.45) is 0 Å². The standard InChI is InChI=1S/C21H16Cl2N2O3/c22-17-8-6-16(18(23)11-17)12-25-19(26)13-28-20(27)9-7-15-4-1-3-14-5-2-10-24-21(14)15/h1-11H,12-13H2,(H,25,26)/b9-7+. The summed E-state index contributed by atoms with van der Waals surface area (Å²) >= 11 is 11.9. The second-order valence-corrected chi connectivity index (χ2v) is 6.72. The van der Waals surface area contributed by atoms with Gasteiger partial charge in [0.05, 0.1) is 5.52 Å². The number of hydrogen-bond donors (Lipinski definition) is 1. The third kappa shape index (κ3) is 5.31. The van der Waals surface area contributed by atoms with Crippen LogP contribution >= 0.6 is 23.2 Å². The van der Waals surface area contributed by atoms with Crippen molar-refractivity contribution in [1.29, 1.82) is 0 Å². The van der Waals surface area contributed by atoms with E-state index in [-0.39, 0.29) is 13.2 Å². The number of para-hydroxylation sites is 1. The summed E-state index contributed by atoms with van der Waals surface area (Å²) < 4.78 is 4.96. The van der Waals surface area contributed by atoms with Crippen LogP contribution < -0.4 is 5.32 Å². The van der Waals surface area contributed by atoms with E-state index >= 15 is 0 Å². The predicted molar refractivity (Wildman–Crippen MR) is 110 cm³/mol. The minimum Gasteiger partial charge on any atom is -0.452 e. The normalized spacial score (nSPS) is 10.9. The van der Waals surface area contributed by atoms with Crippen LogP contribution in [0.1, 0.15) is 11.1 Å². The van der Waals surface area contributed by atoms with Crippen molar-refractivity contribution >= 4 is 52.1 Å². The number of fused-ring (bicyclic) bond motifs is 1. The van der Waals surface area contributed by atoms with Gasteiger partial charge in [0.2, 0.25) is 0 Å². The number of carbonyl (C=O) groups excluding carboxylic acids is 2. The number of rotatable bonds is 6. The minimum atomic E-state index is -0.618. The van der Waals surface area contributed by atoms with Gasteiger partial charge in [0, 0.05) is 39.8 Å². The van der Waals surface area contributed by atoms with Crippen molar-refractivity contribution in [1.82, 2.24) is 10.3 Å². The lowest BCUT2D eigenvalue weighted by Gasteiger charge is -2.07. The summed E-state index contributed by atoms with van der Waals surface area (Å²) in [6.45, 7) is -0.175. The maximum Gasteiger partial charge on any atom is 0.331 e. The Morgan fingerprint density at radius 1 is 1.11 bits per heavy atom. The topological polar surface area (TPSA) is 68.3 Å². The highest BCUT2D eigenvalue weighted by molar-refractivity contribution is 6.35. The molecule has 0 aliphatic rings. The molecule has 0 bridgehead atoms. The van der Waals surface area contributed by atoms with E-state index in [0.29, 0.717) is 15.6 Å². The van der Waals surface area contributed by atoms with Gasteiger partial charge >= 0.3 is 5.97 Å². The van der Waals surface area contributed by atoms with Gasteiger partial charge in [-0.1, -0.05) is 53.5 Å². The monoisotopic (exact) mass is 414 g/mol. The van der Waals surface area contributed by atoms with E-state index < -0.39 is 11.9 Å². The Hall–Kier alpha value is -2.89. The van der Waals surface area contributed by atoms with Crippen LogP contribution in [0.25, 0.3) is 17.0 Å². The van der Waals surface area contributed by atoms with Gasteiger partial charge in [0.25, 0.3) is 5.91 Å². The molecule has 1 amide bonds. The van der Waals surface area contributed by atoms with Gasteiger partial charge in [-0.15, -0.1) is 0 Å². The van der Waals surface area contributed by atoms with Gasteiger partial charge in [-0.2, -0.15) is 0 Å². The van der Waals surface area contributed by atoms with Crippen LogP contribution in [0, 0.1) is 0 Å². The number of nitrogens with one attached hydrogen (secondary N) is 1. The fraction of sp³-hybridized carbons (Fsp3) is 0.0952. The van der Waals surface area contributed by atoms with E-state index in [9.17, 15) is 9.59 Å². The summed E-state index contributed by atoms with van der Waals surface area (Å²) in [5.74, 6) is -1.05. The zero-order valence-corrected chi connectivity index (χ0v) is 16.2. The number of halogens is 2. The van der Waals surface area contributed by atoms with Crippen LogP contribution in [-0.4, -0.2) is 23.5 Å². The van der Waals surface area contributed by atoms with Crippen LogP contribution in [0.3, 0.4) is 0 Å². The average Bonchev–Trinajstić information content (AvgIpc) is 2.70. The van der Waals surface area contributed by atoms with Crippen LogP contribution in [-0.2, 0) is 20.9 Å². The maximum atomic E-state index is 11.9. The van der Waals surface area contributed by atoms with Crippen molar-refractivity contribution in [3.8, 4) is 0 Å². The van der Waals surface area contributed by atoms with Crippen molar-refractivity contribution < 1.29 is 14.3 Å². The lowest BCUT2D eigenvalue weighted by molar-refractivity contribution is -0.143. The second-order valence-electron chi connectivity index (χ2n) is 5.88. The molecule has 5 nitrogen and oxygen atoms in total. The van der Waals surface area contributed by atoms with E-state index in [4.69, 9.17) is 27.9 Å². The van der Waals surface area contributed by atoms with E-state index in [2.05, 4.69) is 10.3 Å². The van der Waals surface area contributed by atoms with Gasteiger partial charge in [-0.25, -0.2) is 4.79 Å². The fourth-order valence-corrected chi connectivity index (χ4v) is 2.99. The lowest BCUT2D eigenvalue weighted by atomic mass is 10.1. The molecular formula is C21H16Cl2N2O3. The first-order valence-electron chi connectivity index (χ1n) is 8.42. The van der Waals surface area contributed by atoms with Gasteiger partial charge in [0.15, 0.2) is 6.61 Å². The molecule has 28 heavy (non-hydrogen) atoms. The number of carbonyl (C=O) groups is 2. The van der Waals surface area contributed by atoms with Crippen molar-refractivity contribution in [3.63, 3.8) is 0 Å². The molecule has 0 saturated heterocycles. The van der Waals surface area contributed by atoms with Crippen LogP contribution in [0.2, 0.25) is 10.0 Å². The number of nitrogens with zero attached hydrogens (tertiary/aromatic N) is 1.